The SMILES string of the molecule is Cc1nn(C(C)C)c(C)c1NC(=O)CC1CCCNC1. The Labute approximate surface area is 121 Å². The van der Waals surface area contributed by atoms with Gasteiger partial charge in [-0.05, 0) is 59.5 Å². The van der Waals surface area contributed by atoms with Crippen LogP contribution in [0.4, 0.5) is 5.69 Å². The Morgan fingerprint density at radius 1 is 1.50 bits per heavy atom. The minimum Gasteiger partial charge on any atom is -0.323 e. The molecule has 1 fully saturated rings. The Bertz CT molecular complexity index is 472. The van der Waals surface area contributed by atoms with Gasteiger partial charge in [-0.2, -0.15) is 5.10 Å². The van der Waals surface area contributed by atoms with E-state index < -0.39 is 0 Å². The van der Waals surface area contributed by atoms with Crippen molar-refractivity contribution in [2.45, 2.75) is 53.0 Å². The zero-order chi connectivity index (χ0) is 14.7. The Morgan fingerprint density at radius 2 is 2.25 bits per heavy atom. The fourth-order valence-electron chi connectivity index (χ4n) is 2.90. The monoisotopic (exact) mass is 278 g/mol. The number of aryl methyl sites for hydroxylation is 1. The zero-order valence-electron chi connectivity index (χ0n) is 13.0. The number of nitrogens with zero attached hydrogens (tertiary/aromatic N) is 2. The highest BCUT2D eigenvalue weighted by molar-refractivity contribution is 5.92. The lowest BCUT2D eigenvalue weighted by atomic mass is 9.96. The molecular weight excluding hydrogens is 252 g/mol. The summed E-state index contributed by atoms with van der Waals surface area (Å²) < 4.78 is 1.97. The van der Waals surface area contributed by atoms with Crippen molar-refractivity contribution >= 4 is 11.6 Å². The molecule has 1 aromatic rings. The average molecular weight is 278 g/mol. The quantitative estimate of drug-likeness (QED) is 0.889. The molecule has 1 atom stereocenters. The summed E-state index contributed by atoms with van der Waals surface area (Å²) in [5, 5.41) is 10.9. The number of rotatable bonds is 4. The van der Waals surface area contributed by atoms with Crippen molar-refractivity contribution in [2.75, 3.05) is 18.4 Å². The first-order valence-corrected chi connectivity index (χ1v) is 7.55. The van der Waals surface area contributed by atoms with E-state index in [4.69, 9.17) is 0 Å². The van der Waals surface area contributed by atoms with Crippen LogP contribution in [0.3, 0.4) is 0 Å². The zero-order valence-corrected chi connectivity index (χ0v) is 13.0. The van der Waals surface area contributed by atoms with E-state index in [0.29, 0.717) is 18.4 Å². The van der Waals surface area contributed by atoms with Crippen LogP contribution in [-0.4, -0.2) is 28.8 Å². The maximum absolute atomic E-state index is 12.2. The maximum Gasteiger partial charge on any atom is 0.224 e. The Balaban J connectivity index is 2.00. The molecule has 20 heavy (non-hydrogen) atoms. The molecule has 2 N–H and O–H groups in total. The van der Waals surface area contributed by atoms with Gasteiger partial charge in [0.1, 0.15) is 0 Å². The van der Waals surface area contributed by atoms with Crippen molar-refractivity contribution < 1.29 is 4.79 Å². The Morgan fingerprint density at radius 3 is 2.80 bits per heavy atom. The van der Waals surface area contributed by atoms with E-state index >= 15 is 0 Å². The first kappa shape index (κ1) is 15.0. The van der Waals surface area contributed by atoms with Crippen LogP contribution >= 0.6 is 0 Å². The summed E-state index contributed by atoms with van der Waals surface area (Å²) in [5.41, 5.74) is 2.81. The number of hydrogen-bond donors (Lipinski definition) is 2. The molecular formula is C15H26N4O. The van der Waals surface area contributed by atoms with Crippen LogP contribution in [0.2, 0.25) is 0 Å². The standard InChI is InChI=1S/C15H26N4O/c1-10(2)19-12(4)15(11(3)18-19)17-14(20)8-13-6-5-7-16-9-13/h10,13,16H,5-9H2,1-4H3,(H,17,20). The molecule has 2 heterocycles. The highest BCUT2D eigenvalue weighted by Gasteiger charge is 2.19. The van der Waals surface area contributed by atoms with E-state index in [1.807, 2.05) is 18.5 Å². The topological polar surface area (TPSA) is 59.0 Å². The molecule has 5 heteroatoms. The van der Waals surface area contributed by atoms with Gasteiger partial charge in [-0.3, -0.25) is 9.48 Å². The number of piperidine rings is 1. The Hall–Kier alpha value is -1.36. The summed E-state index contributed by atoms with van der Waals surface area (Å²) >= 11 is 0. The van der Waals surface area contributed by atoms with E-state index in [9.17, 15) is 4.79 Å². The number of nitrogens with one attached hydrogen (secondary N) is 2. The third-order valence-electron chi connectivity index (χ3n) is 3.95. The third kappa shape index (κ3) is 3.39. The van der Waals surface area contributed by atoms with Gasteiger partial charge < -0.3 is 10.6 Å². The molecule has 0 radical (unpaired) electrons. The van der Waals surface area contributed by atoms with Crippen LogP contribution in [0, 0.1) is 19.8 Å². The van der Waals surface area contributed by atoms with Crippen LogP contribution in [0.1, 0.15) is 50.5 Å². The summed E-state index contributed by atoms with van der Waals surface area (Å²) in [7, 11) is 0. The number of carbonyl (C=O) groups is 1. The van der Waals surface area contributed by atoms with Crippen molar-refractivity contribution in [1.82, 2.24) is 15.1 Å². The van der Waals surface area contributed by atoms with Crippen molar-refractivity contribution in [3.05, 3.63) is 11.4 Å². The van der Waals surface area contributed by atoms with Gasteiger partial charge in [-0.15, -0.1) is 0 Å². The Kier molecular flexibility index (Phi) is 4.81. The van der Waals surface area contributed by atoms with Crippen molar-refractivity contribution in [1.29, 1.82) is 0 Å². The van der Waals surface area contributed by atoms with Gasteiger partial charge in [0.05, 0.1) is 17.1 Å². The molecule has 0 saturated carbocycles. The summed E-state index contributed by atoms with van der Waals surface area (Å²) in [5.74, 6) is 0.567. The highest BCUT2D eigenvalue weighted by Crippen LogP contribution is 2.23. The van der Waals surface area contributed by atoms with Gasteiger partial charge in [-0.1, -0.05) is 0 Å². The number of aromatic nitrogens is 2. The molecule has 1 aliphatic rings. The highest BCUT2D eigenvalue weighted by atomic mass is 16.1. The second-order valence-corrected chi connectivity index (χ2v) is 6.05. The first-order chi connectivity index (χ1) is 9.49. The molecule has 0 bridgehead atoms. The van der Waals surface area contributed by atoms with Crippen LogP contribution < -0.4 is 10.6 Å². The number of carbonyl (C=O) groups excluding carboxylic acids is 1. The van der Waals surface area contributed by atoms with Crippen LogP contribution in [0.15, 0.2) is 0 Å². The first-order valence-electron chi connectivity index (χ1n) is 7.55. The van der Waals surface area contributed by atoms with Gasteiger partial charge in [0.15, 0.2) is 0 Å². The van der Waals surface area contributed by atoms with Crippen molar-refractivity contribution in [3.63, 3.8) is 0 Å². The van der Waals surface area contributed by atoms with Crippen LogP contribution in [0.5, 0.6) is 0 Å². The largest absolute Gasteiger partial charge is 0.323 e. The molecule has 2 rings (SSSR count). The predicted octanol–water partition coefficient (Wildman–Crippen LogP) is 2.41. The molecule has 1 aliphatic heterocycles. The van der Waals surface area contributed by atoms with Crippen LogP contribution in [0.25, 0.3) is 0 Å². The lowest BCUT2D eigenvalue weighted by Crippen LogP contribution is -2.32. The van der Waals surface area contributed by atoms with E-state index in [0.717, 1.165) is 36.6 Å². The third-order valence-corrected chi connectivity index (χ3v) is 3.95. The smallest absolute Gasteiger partial charge is 0.224 e. The minimum absolute atomic E-state index is 0.105. The normalized spacial score (nSPS) is 19.4. The minimum atomic E-state index is 0.105. The van der Waals surface area contributed by atoms with E-state index in [-0.39, 0.29) is 5.91 Å². The van der Waals surface area contributed by atoms with Crippen molar-refractivity contribution in [3.8, 4) is 0 Å². The number of anilines is 1. The molecule has 1 aromatic heterocycles. The number of amides is 1. The summed E-state index contributed by atoms with van der Waals surface area (Å²) in [6, 6.07) is 0.307. The lowest BCUT2D eigenvalue weighted by Gasteiger charge is -2.22. The van der Waals surface area contributed by atoms with Gasteiger partial charge in [0, 0.05) is 12.5 Å². The van der Waals surface area contributed by atoms with Crippen molar-refractivity contribution in [2.24, 2.45) is 5.92 Å². The van der Waals surface area contributed by atoms with Gasteiger partial charge in [0.25, 0.3) is 0 Å². The van der Waals surface area contributed by atoms with E-state index in [1.54, 1.807) is 0 Å². The second kappa shape index (κ2) is 6.39. The number of hydrogen-bond acceptors (Lipinski definition) is 3. The van der Waals surface area contributed by atoms with E-state index in [2.05, 4.69) is 29.6 Å². The van der Waals surface area contributed by atoms with Gasteiger partial charge in [-0.25, -0.2) is 0 Å². The maximum atomic E-state index is 12.2. The summed E-state index contributed by atoms with van der Waals surface area (Å²) in [6.07, 6.45) is 2.91. The molecule has 1 saturated heterocycles. The fourth-order valence-corrected chi connectivity index (χ4v) is 2.90. The molecule has 0 spiro atoms. The van der Waals surface area contributed by atoms with E-state index in [1.165, 1.54) is 6.42 Å². The molecule has 112 valence electrons. The van der Waals surface area contributed by atoms with Gasteiger partial charge in [0.2, 0.25) is 5.91 Å². The molecule has 5 nitrogen and oxygen atoms in total. The predicted molar refractivity (Wildman–Crippen MR) is 80.9 cm³/mol. The summed E-state index contributed by atoms with van der Waals surface area (Å²) in [4.78, 5) is 12.2. The average Bonchev–Trinajstić information content (AvgIpc) is 2.68. The molecule has 0 aliphatic carbocycles. The van der Waals surface area contributed by atoms with Crippen LogP contribution in [-0.2, 0) is 4.79 Å². The molecule has 1 unspecified atom stereocenters. The van der Waals surface area contributed by atoms with Gasteiger partial charge >= 0.3 is 0 Å². The summed E-state index contributed by atoms with van der Waals surface area (Å²) in [6.45, 7) is 10.2. The molecule has 1 amide bonds. The fraction of sp³-hybridized carbons (Fsp3) is 0.733. The molecule has 0 aromatic carbocycles. The second-order valence-electron chi connectivity index (χ2n) is 6.05. The lowest BCUT2D eigenvalue weighted by molar-refractivity contribution is -0.117.